The summed E-state index contributed by atoms with van der Waals surface area (Å²) in [6.07, 6.45) is 1.95. The molecular formula is C27H51N7O7. The van der Waals surface area contributed by atoms with Crippen LogP contribution in [0.1, 0.15) is 74.1 Å². The largest absolute Gasteiger partial charge is 0.480 e. The number of amides is 5. The van der Waals surface area contributed by atoms with Crippen molar-refractivity contribution in [2.24, 2.45) is 29.2 Å². The zero-order valence-electron chi connectivity index (χ0n) is 25.4. The second kappa shape index (κ2) is 19.0. The van der Waals surface area contributed by atoms with Gasteiger partial charge in [0.25, 0.3) is 0 Å². The van der Waals surface area contributed by atoms with E-state index in [0.29, 0.717) is 25.8 Å². The number of unbranched alkanes of at least 4 members (excludes halogenated alkanes) is 1. The summed E-state index contributed by atoms with van der Waals surface area (Å²) < 4.78 is 0. The van der Waals surface area contributed by atoms with Gasteiger partial charge in [-0.15, -0.1) is 0 Å². The van der Waals surface area contributed by atoms with Gasteiger partial charge in [0.05, 0.1) is 6.54 Å². The minimum atomic E-state index is -1.19. The molecule has 14 heteroatoms. The van der Waals surface area contributed by atoms with Crippen LogP contribution in [0, 0.1) is 17.8 Å². The molecule has 0 aliphatic carbocycles. The number of carbonyl (C=O) groups is 6. The monoisotopic (exact) mass is 585 g/mol. The predicted molar refractivity (Wildman–Crippen MR) is 154 cm³/mol. The molecule has 0 fully saturated rings. The topological polar surface area (TPSA) is 235 Å². The van der Waals surface area contributed by atoms with Gasteiger partial charge in [-0.2, -0.15) is 0 Å². The normalized spacial score (nSPS) is 15.6. The SMILES string of the molecule is CC[C@H](C)[C@H](NC(=O)CN)C(=O)N[C@@H](CCCCN)C(=O)N[C@H](C(=O)N[C@@H](C)C(=O)N[C@H](C(=O)O)C(C)C)C(C)C. The van der Waals surface area contributed by atoms with Gasteiger partial charge in [0.15, 0.2) is 0 Å². The Labute approximate surface area is 242 Å². The van der Waals surface area contributed by atoms with E-state index in [4.69, 9.17) is 11.5 Å². The van der Waals surface area contributed by atoms with E-state index in [1.807, 2.05) is 6.92 Å². The number of hydrogen-bond acceptors (Lipinski definition) is 8. The lowest BCUT2D eigenvalue weighted by molar-refractivity contribution is -0.143. The minimum Gasteiger partial charge on any atom is -0.480 e. The first kappa shape index (κ1) is 37.7. The van der Waals surface area contributed by atoms with Gasteiger partial charge in [0, 0.05) is 0 Å². The van der Waals surface area contributed by atoms with E-state index in [1.54, 1.807) is 34.6 Å². The molecule has 5 amide bonds. The van der Waals surface area contributed by atoms with Gasteiger partial charge < -0.3 is 43.2 Å². The fourth-order valence-corrected chi connectivity index (χ4v) is 3.91. The van der Waals surface area contributed by atoms with Gasteiger partial charge in [0.1, 0.15) is 30.2 Å². The van der Waals surface area contributed by atoms with E-state index in [2.05, 4.69) is 26.6 Å². The van der Waals surface area contributed by atoms with Crippen LogP contribution < -0.4 is 38.1 Å². The number of nitrogens with one attached hydrogen (secondary N) is 5. The second-order valence-corrected chi connectivity index (χ2v) is 11.0. The first-order chi connectivity index (χ1) is 19.1. The number of carboxylic acid groups (broad SMARTS) is 1. The van der Waals surface area contributed by atoms with Crippen LogP contribution in [0.15, 0.2) is 0 Å². The third-order valence-corrected chi connectivity index (χ3v) is 6.81. The molecule has 0 heterocycles. The average Bonchev–Trinajstić information content (AvgIpc) is 2.90. The van der Waals surface area contributed by atoms with Crippen LogP contribution in [0.25, 0.3) is 0 Å². The quantitative estimate of drug-likeness (QED) is 0.0863. The van der Waals surface area contributed by atoms with E-state index in [1.165, 1.54) is 6.92 Å². The van der Waals surface area contributed by atoms with Crippen molar-refractivity contribution in [3.63, 3.8) is 0 Å². The molecule has 0 rings (SSSR count). The lowest BCUT2D eigenvalue weighted by Gasteiger charge is -2.29. The van der Waals surface area contributed by atoms with Crippen molar-refractivity contribution >= 4 is 35.5 Å². The lowest BCUT2D eigenvalue weighted by atomic mass is 9.97. The van der Waals surface area contributed by atoms with Crippen molar-refractivity contribution in [2.75, 3.05) is 13.1 Å². The number of carboxylic acids is 1. The van der Waals surface area contributed by atoms with Gasteiger partial charge in [-0.1, -0.05) is 48.0 Å². The molecule has 0 unspecified atom stereocenters. The summed E-state index contributed by atoms with van der Waals surface area (Å²) in [4.78, 5) is 75.5. The van der Waals surface area contributed by atoms with Crippen LogP contribution in [0.2, 0.25) is 0 Å². The molecule has 6 atom stereocenters. The van der Waals surface area contributed by atoms with Crippen molar-refractivity contribution < 1.29 is 33.9 Å². The van der Waals surface area contributed by atoms with Crippen LogP contribution in [0.3, 0.4) is 0 Å². The maximum atomic E-state index is 13.4. The molecule has 0 aromatic carbocycles. The fraction of sp³-hybridized carbons (Fsp3) is 0.778. The molecule has 0 radical (unpaired) electrons. The highest BCUT2D eigenvalue weighted by Crippen LogP contribution is 2.11. The smallest absolute Gasteiger partial charge is 0.326 e. The fourth-order valence-electron chi connectivity index (χ4n) is 3.91. The Morgan fingerprint density at radius 1 is 0.659 bits per heavy atom. The molecule has 0 saturated carbocycles. The van der Waals surface area contributed by atoms with Crippen LogP contribution in [-0.4, -0.2) is 83.9 Å². The van der Waals surface area contributed by atoms with E-state index in [0.717, 1.165) is 0 Å². The lowest BCUT2D eigenvalue weighted by Crippen LogP contribution is -2.60. The Morgan fingerprint density at radius 3 is 1.66 bits per heavy atom. The molecule has 41 heavy (non-hydrogen) atoms. The maximum absolute atomic E-state index is 13.4. The summed E-state index contributed by atoms with van der Waals surface area (Å²) >= 11 is 0. The predicted octanol–water partition coefficient (Wildman–Crippen LogP) is -1.04. The molecule has 14 nitrogen and oxygen atoms in total. The molecule has 0 aliphatic rings. The number of nitrogens with two attached hydrogens (primary N) is 2. The molecular weight excluding hydrogens is 534 g/mol. The standard InChI is InChI=1S/C27H51N7O7/c1-8-16(6)22(32-19(35)13-29)26(39)31-18(11-9-10-12-28)24(37)33-20(14(2)3)25(38)30-17(7)23(36)34-21(15(4)5)27(40)41/h14-18,20-22H,8-13,28-29H2,1-7H3,(H,30,38)(H,31,39)(H,32,35)(H,33,37)(H,34,36)(H,40,41)/t16-,17-,18-,20-,21-,22-/m0/s1. The Kier molecular flexibility index (Phi) is 17.5. The molecule has 0 aromatic heterocycles. The zero-order chi connectivity index (χ0) is 31.9. The van der Waals surface area contributed by atoms with Gasteiger partial charge in [-0.25, -0.2) is 4.79 Å². The summed E-state index contributed by atoms with van der Waals surface area (Å²) in [7, 11) is 0. The average molecular weight is 586 g/mol. The van der Waals surface area contributed by atoms with E-state index < -0.39 is 71.6 Å². The number of aliphatic carboxylic acids is 1. The van der Waals surface area contributed by atoms with Crippen molar-refractivity contribution in [2.45, 2.75) is 104 Å². The Morgan fingerprint density at radius 2 is 1.20 bits per heavy atom. The minimum absolute atomic E-state index is 0.239. The van der Waals surface area contributed by atoms with Gasteiger partial charge in [-0.05, 0) is 50.5 Å². The van der Waals surface area contributed by atoms with Crippen molar-refractivity contribution in [1.29, 1.82) is 0 Å². The Bertz CT molecular complexity index is 897. The van der Waals surface area contributed by atoms with Crippen LogP contribution >= 0.6 is 0 Å². The van der Waals surface area contributed by atoms with Crippen LogP contribution in [0.5, 0.6) is 0 Å². The highest BCUT2D eigenvalue weighted by atomic mass is 16.4. The van der Waals surface area contributed by atoms with Crippen molar-refractivity contribution in [3.05, 3.63) is 0 Å². The second-order valence-electron chi connectivity index (χ2n) is 11.0. The van der Waals surface area contributed by atoms with Crippen molar-refractivity contribution in [3.8, 4) is 0 Å². The van der Waals surface area contributed by atoms with Crippen LogP contribution in [-0.2, 0) is 28.8 Å². The van der Waals surface area contributed by atoms with E-state index >= 15 is 0 Å². The molecule has 0 aliphatic heterocycles. The van der Waals surface area contributed by atoms with E-state index in [-0.39, 0.29) is 24.8 Å². The number of carbonyl (C=O) groups excluding carboxylic acids is 5. The highest BCUT2D eigenvalue weighted by Gasteiger charge is 2.33. The van der Waals surface area contributed by atoms with Gasteiger partial charge in [0.2, 0.25) is 29.5 Å². The maximum Gasteiger partial charge on any atom is 0.326 e. The summed E-state index contributed by atoms with van der Waals surface area (Å²) in [6.45, 7) is 11.9. The van der Waals surface area contributed by atoms with Crippen LogP contribution in [0.4, 0.5) is 0 Å². The summed E-state index contributed by atoms with van der Waals surface area (Å²) in [5.41, 5.74) is 11.0. The molecule has 0 aromatic rings. The van der Waals surface area contributed by atoms with Gasteiger partial charge >= 0.3 is 5.97 Å². The zero-order valence-corrected chi connectivity index (χ0v) is 25.4. The summed E-state index contributed by atoms with van der Waals surface area (Å²) in [5, 5.41) is 22.2. The summed E-state index contributed by atoms with van der Waals surface area (Å²) in [6, 6.07) is -5.20. The first-order valence-electron chi connectivity index (χ1n) is 14.2. The molecule has 0 bridgehead atoms. The van der Waals surface area contributed by atoms with Crippen molar-refractivity contribution in [1.82, 2.24) is 26.6 Å². The summed E-state index contributed by atoms with van der Waals surface area (Å²) in [5.74, 6) is -5.21. The molecule has 236 valence electrons. The third kappa shape index (κ3) is 13.3. The third-order valence-electron chi connectivity index (χ3n) is 6.81. The first-order valence-corrected chi connectivity index (χ1v) is 14.2. The highest BCUT2D eigenvalue weighted by molar-refractivity contribution is 5.96. The number of hydrogen-bond donors (Lipinski definition) is 8. The molecule has 0 saturated heterocycles. The Balaban J connectivity index is 5.71. The molecule has 10 N–H and O–H groups in total. The van der Waals surface area contributed by atoms with E-state index in [9.17, 15) is 33.9 Å². The Hall–Kier alpha value is -3.26. The molecule has 0 spiro atoms. The number of rotatable bonds is 19. The van der Waals surface area contributed by atoms with Gasteiger partial charge in [-0.3, -0.25) is 24.0 Å².